The first-order valence-corrected chi connectivity index (χ1v) is 7.39. The normalized spacial score (nSPS) is 15.8. The predicted octanol–water partition coefficient (Wildman–Crippen LogP) is 2.64. The number of fused-ring (bicyclic) bond motifs is 1. The summed E-state index contributed by atoms with van der Waals surface area (Å²) < 4.78 is 5.51. The van der Waals surface area contributed by atoms with E-state index in [0.29, 0.717) is 5.92 Å². The molecule has 5 heteroatoms. The Balaban J connectivity index is 1.70. The van der Waals surface area contributed by atoms with E-state index in [9.17, 15) is 0 Å². The maximum absolute atomic E-state index is 5.51. The first-order valence-electron chi connectivity index (χ1n) is 7.39. The van der Waals surface area contributed by atoms with Crippen molar-refractivity contribution in [1.29, 1.82) is 0 Å². The molecule has 0 saturated heterocycles. The molecule has 2 aromatic rings. The highest BCUT2D eigenvalue weighted by Gasteiger charge is 2.22. The minimum atomic E-state index is 0.345. The fourth-order valence-electron chi connectivity index (χ4n) is 2.73. The minimum absolute atomic E-state index is 0.345. The Hall–Kier alpha value is -1.62. The van der Waals surface area contributed by atoms with Crippen LogP contribution in [0.2, 0.25) is 0 Å². The molecule has 0 unspecified atom stereocenters. The van der Waals surface area contributed by atoms with Gasteiger partial charge in [-0.1, -0.05) is 20.8 Å². The van der Waals surface area contributed by atoms with Gasteiger partial charge in [-0.2, -0.15) is 5.10 Å². The van der Waals surface area contributed by atoms with E-state index < -0.39 is 0 Å². The van der Waals surface area contributed by atoms with Crippen LogP contribution in [-0.2, 0) is 25.9 Å². The maximum atomic E-state index is 5.51. The van der Waals surface area contributed by atoms with E-state index in [0.717, 1.165) is 44.1 Å². The highest BCUT2D eigenvalue weighted by atomic mass is 16.3. The van der Waals surface area contributed by atoms with Gasteiger partial charge in [0.05, 0.1) is 11.4 Å². The van der Waals surface area contributed by atoms with Crippen molar-refractivity contribution in [2.45, 2.75) is 52.6 Å². The van der Waals surface area contributed by atoms with Crippen molar-refractivity contribution in [3.63, 3.8) is 0 Å². The van der Waals surface area contributed by atoms with Crippen molar-refractivity contribution >= 4 is 0 Å². The van der Waals surface area contributed by atoms with Gasteiger partial charge < -0.3 is 4.42 Å². The Morgan fingerprint density at radius 3 is 3.00 bits per heavy atom. The molecule has 3 heterocycles. The molecule has 0 atom stereocenters. The number of hydrogen-bond acceptors (Lipinski definition) is 4. The summed E-state index contributed by atoms with van der Waals surface area (Å²) in [5.41, 5.74) is 4.92. The minimum Gasteiger partial charge on any atom is -0.448 e. The van der Waals surface area contributed by atoms with Gasteiger partial charge in [-0.25, -0.2) is 4.98 Å². The van der Waals surface area contributed by atoms with Crippen LogP contribution in [-0.4, -0.2) is 26.6 Å². The molecule has 0 amide bonds. The molecular weight excluding hydrogens is 252 g/mol. The van der Waals surface area contributed by atoms with E-state index in [1.54, 1.807) is 6.26 Å². The Kier molecular flexibility index (Phi) is 3.61. The lowest BCUT2D eigenvalue weighted by Gasteiger charge is -2.26. The molecule has 0 aliphatic carbocycles. The molecule has 20 heavy (non-hydrogen) atoms. The van der Waals surface area contributed by atoms with Gasteiger partial charge in [0.25, 0.3) is 0 Å². The molecule has 0 spiro atoms. The van der Waals surface area contributed by atoms with E-state index in [4.69, 9.17) is 4.42 Å². The molecule has 1 N–H and O–H groups in total. The van der Waals surface area contributed by atoms with Gasteiger partial charge in [-0.05, 0) is 6.42 Å². The lowest BCUT2D eigenvalue weighted by molar-refractivity contribution is 0.241. The zero-order chi connectivity index (χ0) is 14.1. The van der Waals surface area contributed by atoms with Crippen molar-refractivity contribution in [2.75, 3.05) is 6.54 Å². The fraction of sp³-hybridized carbons (Fsp3) is 0.600. The summed E-state index contributed by atoms with van der Waals surface area (Å²) in [4.78, 5) is 6.97. The van der Waals surface area contributed by atoms with Crippen molar-refractivity contribution in [3.05, 3.63) is 34.8 Å². The second-order valence-electron chi connectivity index (χ2n) is 5.77. The smallest absolute Gasteiger partial charge is 0.196 e. The average Bonchev–Trinajstić information content (AvgIpc) is 3.04. The zero-order valence-electron chi connectivity index (χ0n) is 12.4. The van der Waals surface area contributed by atoms with Gasteiger partial charge in [-0.15, -0.1) is 0 Å². The maximum Gasteiger partial charge on any atom is 0.196 e. The van der Waals surface area contributed by atoms with E-state index in [2.05, 4.69) is 40.9 Å². The summed E-state index contributed by atoms with van der Waals surface area (Å²) in [5, 5.41) is 7.57. The van der Waals surface area contributed by atoms with Crippen LogP contribution in [0.4, 0.5) is 0 Å². The SMILES string of the molecule is CCc1n[nH]c2c1CN(Cc1coc(C(C)C)n1)CC2. The van der Waals surface area contributed by atoms with Crippen molar-refractivity contribution in [1.82, 2.24) is 20.1 Å². The summed E-state index contributed by atoms with van der Waals surface area (Å²) in [6.07, 6.45) is 3.82. The van der Waals surface area contributed by atoms with Crippen LogP contribution in [0.25, 0.3) is 0 Å². The first kappa shape index (κ1) is 13.4. The first-order chi connectivity index (χ1) is 9.67. The molecule has 2 aromatic heterocycles. The molecule has 0 saturated carbocycles. The van der Waals surface area contributed by atoms with Crippen LogP contribution in [0, 0.1) is 0 Å². The molecule has 108 valence electrons. The Bertz CT molecular complexity index is 571. The van der Waals surface area contributed by atoms with Gasteiger partial charge in [0, 0.05) is 43.2 Å². The van der Waals surface area contributed by atoms with Crippen LogP contribution >= 0.6 is 0 Å². The predicted molar refractivity (Wildman–Crippen MR) is 76.4 cm³/mol. The third kappa shape index (κ3) is 2.50. The highest BCUT2D eigenvalue weighted by Crippen LogP contribution is 2.22. The number of H-pyrrole nitrogens is 1. The summed E-state index contributed by atoms with van der Waals surface area (Å²) in [7, 11) is 0. The third-order valence-corrected chi connectivity index (χ3v) is 3.88. The molecule has 0 aromatic carbocycles. The number of oxazole rings is 1. The van der Waals surface area contributed by atoms with Gasteiger partial charge in [0.1, 0.15) is 6.26 Å². The molecule has 0 radical (unpaired) electrons. The van der Waals surface area contributed by atoms with Crippen LogP contribution in [0.15, 0.2) is 10.7 Å². The molecule has 0 bridgehead atoms. The van der Waals surface area contributed by atoms with E-state index in [1.807, 2.05) is 0 Å². The number of nitrogens with one attached hydrogen (secondary N) is 1. The lowest BCUT2D eigenvalue weighted by Crippen LogP contribution is -2.30. The zero-order valence-corrected chi connectivity index (χ0v) is 12.4. The van der Waals surface area contributed by atoms with Gasteiger partial charge in [-0.3, -0.25) is 10.00 Å². The van der Waals surface area contributed by atoms with Crippen molar-refractivity contribution in [3.8, 4) is 0 Å². The molecular formula is C15H22N4O. The number of rotatable bonds is 4. The fourth-order valence-corrected chi connectivity index (χ4v) is 2.73. The summed E-state index contributed by atoms with van der Waals surface area (Å²) in [5.74, 6) is 1.17. The van der Waals surface area contributed by atoms with Crippen LogP contribution in [0.5, 0.6) is 0 Å². The largest absolute Gasteiger partial charge is 0.448 e. The van der Waals surface area contributed by atoms with Crippen LogP contribution < -0.4 is 0 Å². The Morgan fingerprint density at radius 2 is 2.30 bits per heavy atom. The number of aromatic nitrogens is 3. The average molecular weight is 274 g/mol. The van der Waals surface area contributed by atoms with E-state index in [-0.39, 0.29) is 0 Å². The van der Waals surface area contributed by atoms with Crippen LogP contribution in [0.1, 0.15) is 55.2 Å². The quantitative estimate of drug-likeness (QED) is 0.931. The molecule has 0 fully saturated rings. The summed E-state index contributed by atoms with van der Waals surface area (Å²) >= 11 is 0. The van der Waals surface area contributed by atoms with Crippen LogP contribution in [0.3, 0.4) is 0 Å². The lowest BCUT2D eigenvalue weighted by atomic mass is 10.0. The van der Waals surface area contributed by atoms with E-state index in [1.165, 1.54) is 17.0 Å². The van der Waals surface area contributed by atoms with E-state index >= 15 is 0 Å². The third-order valence-electron chi connectivity index (χ3n) is 3.88. The number of aromatic amines is 1. The second kappa shape index (κ2) is 5.40. The monoisotopic (exact) mass is 274 g/mol. The standard InChI is InChI=1S/C15H22N4O/c1-4-13-12-8-19(6-5-14(12)18-17-13)7-11-9-20-15(16-11)10(2)3/h9-10H,4-8H2,1-3H3,(H,17,18). The Morgan fingerprint density at radius 1 is 1.45 bits per heavy atom. The molecule has 1 aliphatic heterocycles. The number of nitrogens with zero attached hydrogens (tertiary/aromatic N) is 3. The highest BCUT2D eigenvalue weighted by molar-refractivity contribution is 5.27. The van der Waals surface area contributed by atoms with Crippen molar-refractivity contribution in [2.24, 2.45) is 0 Å². The summed E-state index contributed by atoms with van der Waals surface area (Å²) in [6.45, 7) is 9.20. The van der Waals surface area contributed by atoms with Gasteiger partial charge >= 0.3 is 0 Å². The number of aryl methyl sites for hydroxylation is 1. The molecule has 5 nitrogen and oxygen atoms in total. The van der Waals surface area contributed by atoms with Gasteiger partial charge in [0.15, 0.2) is 5.89 Å². The summed E-state index contributed by atoms with van der Waals surface area (Å²) in [6, 6.07) is 0. The van der Waals surface area contributed by atoms with Gasteiger partial charge in [0.2, 0.25) is 0 Å². The Labute approximate surface area is 119 Å². The topological polar surface area (TPSA) is 58.0 Å². The number of hydrogen-bond donors (Lipinski definition) is 1. The second-order valence-corrected chi connectivity index (χ2v) is 5.77. The van der Waals surface area contributed by atoms with Crippen molar-refractivity contribution < 1.29 is 4.42 Å². The molecule has 1 aliphatic rings. The molecule has 3 rings (SSSR count).